The Morgan fingerprint density at radius 1 is 1.21 bits per heavy atom. The highest BCUT2D eigenvalue weighted by Gasteiger charge is 2.31. The number of carbonyl (C=O) groups is 2. The summed E-state index contributed by atoms with van der Waals surface area (Å²) in [6.45, 7) is 4.99. The molecular weight excluding hydrogens is 390 g/mol. The average molecular weight is 418 g/mol. The standard InChI is InChI=1S/C22H27NO3S2/c1-3-4-8-14-26-20(24)12-9-13-23-21(25)19(28-22(23)27)16-17(2)15-18-10-6-5-7-11-18/h5-7,10-11,15-16H,3-4,8-9,12-14H2,1-2H3/b17-15+,19-16-. The van der Waals surface area contributed by atoms with Crippen LogP contribution in [-0.4, -0.2) is 34.2 Å². The molecule has 0 aliphatic carbocycles. The number of amides is 1. The van der Waals surface area contributed by atoms with Crippen molar-refractivity contribution < 1.29 is 14.3 Å². The van der Waals surface area contributed by atoms with E-state index in [9.17, 15) is 9.59 Å². The van der Waals surface area contributed by atoms with E-state index >= 15 is 0 Å². The summed E-state index contributed by atoms with van der Waals surface area (Å²) in [4.78, 5) is 26.6. The van der Waals surface area contributed by atoms with E-state index in [2.05, 4.69) is 6.92 Å². The fourth-order valence-electron chi connectivity index (χ4n) is 2.75. The zero-order valence-corrected chi connectivity index (χ0v) is 18.1. The topological polar surface area (TPSA) is 46.6 Å². The summed E-state index contributed by atoms with van der Waals surface area (Å²) < 4.78 is 5.74. The average Bonchev–Trinajstić information content (AvgIpc) is 2.93. The highest BCUT2D eigenvalue weighted by Crippen LogP contribution is 2.32. The number of hydrogen-bond donors (Lipinski definition) is 0. The predicted octanol–water partition coefficient (Wildman–Crippen LogP) is 5.35. The third-order valence-electron chi connectivity index (χ3n) is 4.20. The second kappa shape index (κ2) is 11.8. The lowest BCUT2D eigenvalue weighted by atomic mass is 10.1. The largest absolute Gasteiger partial charge is 0.466 e. The Morgan fingerprint density at radius 2 is 1.96 bits per heavy atom. The van der Waals surface area contributed by atoms with E-state index in [1.807, 2.05) is 49.4 Å². The molecule has 0 radical (unpaired) electrons. The van der Waals surface area contributed by atoms with Gasteiger partial charge in [0.25, 0.3) is 5.91 Å². The van der Waals surface area contributed by atoms with Crippen molar-refractivity contribution in [3.05, 3.63) is 52.4 Å². The minimum absolute atomic E-state index is 0.0906. The van der Waals surface area contributed by atoms with E-state index in [-0.39, 0.29) is 11.9 Å². The minimum Gasteiger partial charge on any atom is -0.466 e. The fraction of sp³-hybridized carbons (Fsp3) is 0.409. The second-order valence-corrected chi connectivity index (χ2v) is 8.34. The molecule has 0 saturated carbocycles. The maximum absolute atomic E-state index is 12.6. The Balaban J connectivity index is 1.84. The van der Waals surface area contributed by atoms with E-state index in [1.165, 1.54) is 11.8 Å². The molecular formula is C22H27NO3S2. The SMILES string of the molecule is CCCCCOC(=O)CCCN1C(=O)/C(=C/C(C)=C/c2ccccc2)SC1=S. The van der Waals surface area contributed by atoms with Gasteiger partial charge in [-0.05, 0) is 37.0 Å². The number of hydrogen-bond acceptors (Lipinski definition) is 5. The van der Waals surface area contributed by atoms with Gasteiger partial charge in [-0.25, -0.2) is 0 Å². The van der Waals surface area contributed by atoms with Crippen molar-refractivity contribution in [2.24, 2.45) is 0 Å². The highest BCUT2D eigenvalue weighted by atomic mass is 32.2. The van der Waals surface area contributed by atoms with Crippen molar-refractivity contribution in [3.63, 3.8) is 0 Å². The van der Waals surface area contributed by atoms with Crippen LogP contribution in [-0.2, 0) is 14.3 Å². The summed E-state index contributed by atoms with van der Waals surface area (Å²) in [5.74, 6) is -0.300. The number of thioether (sulfide) groups is 1. The summed E-state index contributed by atoms with van der Waals surface area (Å²) in [5, 5.41) is 0. The molecule has 1 amide bonds. The number of allylic oxidation sites excluding steroid dienone is 2. The molecule has 1 aliphatic rings. The zero-order valence-electron chi connectivity index (χ0n) is 16.5. The lowest BCUT2D eigenvalue weighted by molar-refractivity contribution is -0.144. The van der Waals surface area contributed by atoms with Gasteiger partial charge in [0, 0.05) is 13.0 Å². The number of ether oxygens (including phenoxy) is 1. The lowest BCUT2D eigenvalue weighted by Gasteiger charge is -2.13. The molecule has 28 heavy (non-hydrogen) atoms. The van der Waals surface area contributed by atoms with Crippen molar-refractivity contribution in [1.29, 1.82) is 0 Å². The van der Waals surface area contributed by atoms with Crippen molar-refractivity contribution in [2.45, 2.75) is 46.0 Å². The number of thiocarbonyl (C=S) groups is 1. The van der Waals surface area contributed by atoms with Crippen LogP contribution in [0.1, 0.15) is 51.5 Å². The van der Waals surface area contributed by atoms with E-state index in [0.717, 1.165) is 30.4 Å². The molecule has 0 spiro atoms. The zero-order chi connectivity index (χ0) is 20.4. The summed E-state index contributed by atoms with van der Waals surface area (Å²) >= 11 is 6.66. The maximum Gasteiger partial charge on any atom is 0.305 e. The summed E-state index contributed by atoms with van der Waals surface area (Å²) in [7, 11) is 0. The van der Waals surface area contributed by atoms with Crippen LogP contribution in [0.5, 0.6) is 0 Å². The Labute approximate surface area is 177 Å². The van der Waals surface area contributed by atoms with E-state index < -0.39 is 0 Å². The highest BCUT2D eigenvalue weighted by molar-refractivity contribution is 8.26. The first-order chi connectivity index (χ1) is 13.5. The van der Waals surface area contributed by atoms with Gasteiger partial charge in [0.2, 0.25) is 0 Å². The Morgan fingerprint density at radius 3 is 2.68 bits per heavy atom. The smallest absolute Gasteiger partial charge is 0.305 e. The molecule has 0 N–H and O–H groups in total. The van der Waals surface area contributed by atoms with E-state index in [4.69, 9.17) is 17.0 Å². The summed E-state index contributed by atoms with van der Waals surface area (Å²) in [6, 6.07) is 9.97. The maximum atomic E-state index is 12.6. The molecule has 0 atom stereocenters. The molecule has 150 valence electrons. The van der Waals surface area contributed by atoms with Crippen molar-refractivity contribution in [3.8, 4) is 0 Å². The van der Waals surface area contributed by atoms with Gasteiger partial charge in [-0.2, -0.15) is 0 Å². The van der Waals surface area contributed by atoms with Crippen LogP contribution in [0.15, 0.2) is 46.9 Å². The molecule has 6 heteroatoms. The summed E-state index contributed by atoms with van der Waals surface area (Å²) in [5.41, 5.74) is 2.08. The number of benzene rings is 1. The fourth-order valence-corrected chi connectivity index (χ4v) is 4.10. The normalized spacial score (nSPS) is 16.1. The van der Waals surface area contributed by atoms with Gasteiger partial charge >= 0.3 is 5.97 Å². The van der Waals surface area contributed by atoms with Crippen molar-refractivity contribution in [2.75, 3.05) is 13.2 Å². The Hall–Kier alpha value is -1.92. The summed E-state index contributed by atoms with van der Waals surface area (Å²) in [6.07, 6.45) is 7.81. The molecule has 0 aromatic heterocycles. The Kier molecular flexibility index (Phi) is 9.44. The minimum atomic E-state index is -0.210. The van der Waals surface area contributed by atoms with Crippen molar-refractivity contribution in [1.82, 2.24) is 4.90 Å². The number of rotatable bonds is 10. The van der Waals surface area contributed by atoms with E-state index in [1.54, 1.807) is 4.90 Å². The molecule has 1 aromatic carbocycles. The van der Waals surface area contributed by atoms with Gasteiger partial charge < -0.3 is 4.74 Å². The lowest BCUT2D eigenvalue weighted by Crippen LogP contribution is -2.29. The third-order valence-corrected chi connectivity index (χ3v) is 5.58. The quantitative estimate of drug-likeness (QED) is 0.222. The van der Waals surface area contributed by atoms with Gasteiger partial charge in [0.15, 0.2) is 0 Å². The number of carbonyl (C=O) groups excluding carboxylic acids is 2. The second-order valence-electron chi connectivity index (χ2n) is 6.66. The number of unbranched alkanes of at least 4 members (excludes halogenated alkanes) is 2. The van der Waals surface area contributed by atoms with Gasteiger partial charge in [0.05, 0.1) is 11.5 Å². The Bertz CT molecular complexity index is 756. The van der Waals surface area contributed by atoms with E-state index in [0.29, 0.717) is 35.2 Å². The van der Waals surface area contributed by atoms with Gasteiger partial charge in [0.1, 0.15) is 4.32 Å². The molecule has 0 bridgehead atoms. The van der Waals surface area contributed by atoms with Crippen LogP contribution in [0.3, 0.4) is 0 Å². The first kappa shape index (κ1) is 22.4. The van der Waals surface area contributed by atoms with Crippen LogP contribution in [0.25, 0.3) is 6.08 Å². The molecule has 1 saturated heterocycles. The molecule has 4 nitrogen and oxygen atoms in total. The molecule has 2 rings (SSSR count). The van der Waals surface area contributed by atoms with Crippen LogP contribution in [0, 0.1) is 0 Å². The first-order valence-corrected chi connectivity index (χ1v) is 10.9. The third kappa shape index (κ3) is 7.24. The van der Waals surface area contributed by atoms with Crippen LogP contribution >= 0.6 is 24.0 Å². The molecule has 1 aromatic rings. The monoisotopic (exact) mass is 417 g/mol. The van der Waals surface area contributed by atoms with Gasteiger partial charge in [-0.1, -0.05) is 80.2 Å². The van der Waals surface area contributed by atoms with Crippen LogP contribution < -0.4 is 0 Å². The number of nitrogens with zero attached hydrogens (tertiary/aromatic N) is 1. The van der Waals surface area contributed by atoms with Gasteiger partial charge in [-0.3, -0.25) is 14.5 Å². The van der Waals surface area contributed by atoms with Gasteiger partial charge in [-0.15, -0.1) is 0 Å². The van der Waals surface area contributed by atoms with Crippen LogP contribution in [0.4, 0.5) is 0 Å². The van der Waals surface area contributed by atoms with Crippen molar-refractivity contribution >= 4 is 46.3 Å². The number of esters is 1. The molecule has 0 unspecified atom stereocenters. The molecule has 1 heterocycles. The molecule has 1 aliphatic heterocycles. The molecule has 1 fully saturated rings. The van der Waals surface area contributed by atoms with Crippen LogP contribution in [0.2, 0.25) is 0 Å². The first-order valence-electron chi connectivity index (χ1n) is 9.65. The predicted molar refractivity (Wildman–Crippen MR) is 120 cm³/mol.